The SMILES string of the molecule is CO[C@H]1C(=O)N(c2ncc(-c3cc(F)ccc3F)cn2)CC1(C)C. The van der Waals surface area contributed by atoms with E-state index in [0.29, 0.717) is 12.1 Å². The summed E-state index contributed by atoms with van der Waals surface area (Å²) in [5.74, 6) is -1.11. The van der Waals surface area contributed by atoms with Crippen molar-refractivity contribution in [1.82, 2.24) is 9.97 Å². The molecule has 2 heterocycles. The van der Waals surface area contributed by atoms with Crippen molar-refractivity contribution in [3.8, 4) is 11.1 Å². The monoisotopic (exact) mass is 333 g/mol. The summed E-state index contributed by atoms with van der Waals surface area (Å²) in [6.45, 7) is 4.27. The molecule has 7 heteroatoms. The Morgan fingerprint density at radius 1 is 1.25 bits per heavy atom. The summed E-state index contributed by atoms with van der Waals surface area (Å²) in [4.78, 5) is 22.1. The van der Waals surface area contributed by atoms with E-state index in [1.165, 1.54) is 24.4 Å². The predicted octanol–water partition coefficient (Wildman–Crippen LogP) is 2.81. The van der Waals surface area contributed by atoms with Crippen LogP contribution in [0.3, 0.4) is 0 Å². The van der Waals surface area contributed by atoms with Gasteiger partial charge in [0.25, 0.3) is 5.91 Å². The highest BCUT2D eigenvalue weighted by molar-refractivity contribution is 5.98. The van der Waals surface area contributed by atoms with Crippen LogP contribution in [-0.4, -0.2) is 35.6 Å². The lowest BCUT2D eigenvalue weighted by Gasteiger charge is -2.21. The number of aromatic nitrogens is 2. The number of carbonyl (C=O) groups is 1. The van der Waals surface area contributed by atoms with Crippen molar-refractivity contribution in [3.05, 3.63) is 42.2 Å². The highest BCUT2D eigenvalue weighted by Crippen LogP contribution is 2.34. The number of anilines is 1. The number of amides is 1. The fraction of sp³-hybridized carbons (Fsp3) is 0.353. The van der Waals surface area contributed by atoms with Crippen molar-refractivity contribution in [2.24, 2.45) is 5.41 Å². The van der Waals surface area contributed by atoms with Gasteiger partial charge in [-0.3, -0.25) is 9.69 Å². The lowest BCUT2D eigenvalue weighted by molar-refractivity contribution is -0.128. The Morgan fingerprint density at radius 3 is 2.50 bits per heavy atom. The quantitative estimate of drug-likeness (QED) is 0.867. The lowest BCUT2D eigenvalue weighted by Crippen LogP contribution is -2.33. The molecule has 1 aliphatic heterocycles. The number of carbonyl (C=O) groups excluding carboxylic acids is 1. The third kappa shape index (κ3) is 2.75. The van der Waals surface area contributed by atoms with E-state index in [1.807, 2.05) is 13.8 Å². The van der Waals surface area contributed by atoms with Crippen LogP contribution in [0, 0.1) is 17.0 Å². The van der Waals surface area contributed by atoms with Crippen molar-refractivity contribution >= 4 is 11.9 Å². The van der Waals surface area contributed by atoms with Gasteiger partial charge in [-0.15, -0.1) is 0 Å². The van der Waals surface area contributed by atoms with Crippen LogP contribution in [0.1, 0.15) is 13.8 Å². The molecule has 0 bridgehead atoms. The van der Waals surface area contributed by atoms with Gasteiger partial charge in [-0.05, 0) is 18.2 Å². The van der Waals surface area contributed by atoms with Crippen LogP contribution in [-0.2, 0) is 9.53 Å². The first kappa shape index (κ1) is 16.4. The molecule has 1 aromatic heterocycles. The fourth-order valence-corrected chi connectivity index (χ4v) is 2.95. The third-order valence-electron chi connectivity index (χ3n) is 4.12. The summed E-state index contributed by atoms with van der Waals surface area (Å²) < 4.78 is 32.4. The second-order valence-corrected chi connectivity index (χ2v) is 6.42. The van der Waals surface area contributed by atoms with E-state index in [9.17, 15) is 13.6 Å². The van der Waals surface area contributed by atoms with E-state index in [4.69, 9.17) is 4.74 Å². The van der Waals surface area contributed by atoms with Crippen LogP contribution in [0.25, 0.3) is 11.1 Å². The first-order valence-electron chi connectivity index (χ1n) is 7.45. The van der Waals surface area contributed by atoms with E-state index < -0.39 is 17.7 Å². The van der Waals surface area contributed by atoms with Gasteiger partial charge in [0, 0.05) is 42.6 Å². The van der Waals surface area contributed by atoms with Gasteiger partial charge in [-0.25, -0.2) is 18.7 Å². The molecule has 0 radical (unpaired) electrons. The molecule has 1 saturated heterocycles. The van der Waals surface area contributed by atoms with Crippen LogP contribution in [0.4, 0.5) is 14.7 Å². The minimum Gasteiger partial charge on any atom is -0.371 e. The Hall–Kier alpha value is -2.41. The van der Waals surface area contributed by atoms with Gasteiger partial charge in [0.15, 0.2) is 0 Å². The largest absolute Gasteiger partial charge is 0.371 e. The molecule has 0 aliphatic carbocycles. The standard InChI is InChI=1S/C17H17F2N3O2/c1-17(2)9-22(15(23)14(17)24-3)16-20-7-10(8-21-16)12-6-11(18)4-5-13(12)19/h4-8,14H,9H2,1-3H3/t14-/m0/s1. The number of hydrogen-bond acceptors (Lipinski definition) is 4. The Labute approximate surface area is 138 Å². The first-order chi connectivity index (χ1) is 11.3. The normalized spacial score (nSPS) is 19.8. The summed E-state index contributed by atoms with van der Waals surface area (Å²) in [5, 5.41) is 0. The molecule has 0 saturated carbocycles. The molecule has 1 aromatic carbocycles. The number of nitrogens with zero attached hydrogens (tertiary/aromatic N) is 3. The molecular weight excluding hydrogens is 316 g/mol. The van der Waals surface area contributed by atoms with Gasteiger partial charge < -0.3 is 4.74 Å². The highest BCUT2D eigenvalue weighted by atomic mass is 19.1. The summed E-state index contributed by atoms with van der Waals surface area (Å²) in [6, 6.07) is 3.18. The number of hydrogen-bond donors (Lipinski definition) is 0. The molecule has 24 heavy (non-hydrogen) atoms. The Kier molecular flexibility index (Phi) is 4.04. The molecule has 126 valence electrons. The van der Waals surface area contributed by atoms with E-state index in [2.05, 4.69) is 9.97 Å². The molecule has 0 spiro atoms. The summed E-state index contributed by atoms with van der Waals surface area (Å²) in [7, 11) is 1.49. The molecule has 1 aliphatic rings. The van der Waals surface area contributed by atoms with Crippen LogP contribution in [0.15, 0.2) is 30.6 Å². The molecular formula is C17H17F2N3O2. The Balaban J connectivity index is 1.91. The maximum Gasteiger partial charge on any atom is 0.259 e. The van der Waals surface area contributed by atoms with Crippen molar-refractivity contribution < 1.29 is 18.3 Å². The van der Waals surface area contributed by atoms with Crippen molar-refractivity contribution in [2.45, 2.75) is 20.0 Å². The van der Waals surface area contributed by atoms with Crippen LogP contribution >= 0.6 is 0 Å². The number of methoxy groups -OCH3 is 1. The summed E-state index contributed by atoms with van der Waals surface area (Å²) in [5.41, 5.74) is 0.0389. The number of rotatable bonds is 3. The minimum atomic E-state index is -0.568. The molecule has 2 aromatic rings. The molecule has 1 amide bonds. The Bertz CT molecular complexity index is 778. The topological polar surface area (TPSA) is 55.3 Å². The second kappa shape index (κ2) is 5.90. The molecule has 1 fully saturated rings. The second-order valence-electron chi connectivity index (χ2n) is 6.42. The van der Waals surface area contributed by atoms with Gasteiger partial charge in [0.05, 0.1) is 0 Å². The summed E-state index contributed by atoms with van der Waals surface area (Å²) >= 11 is 0. The fourth-order valence-electron chi connectivity index (χ4n) is 2.95. The number of halogens is 2. The minimum absolute atomic E-state index is 0.0735. The first-order valence-corrected chi connectivity index (χ1v) is 7.45. The smallest absolute Gasteiger partial charge is 0.259 e. The molecule has 0 unspecified atom stereocenters. The number of ether oxygens (including phenoxy) is 1. The van der Waals surface area contributed by atoms with Crippen LogP contribution in [0.2, 0.25) is 0 Å². The van der Waals surface area contributed by atoms with Gasteiger partial charge in [0.2, 0.25) is 5.95 Å². The summed E-state index contributed by atoms with van der Waals surface area (Å²) in [6.07, 6.45) is 2.18. The highest BCUT2D eigenvalue weighted by Gasteiger charge is 2.48. The zero-order valence-corrected chi connectivity index (χ0v) is 13.6. The average Bonchev–Trinajstić information content (AvgIpc) is 2.79. The lowest BCUT2D eigenvalue weighted by atomic mass is 9.90. The zero-order valence-electron chi connectivity index (χ0n) is 13.6. The van der Waals surface area contributed by atoms with E-state index >= 15 is 0 Å². The maximum atomic E-state index is 13.8. The maximum absolute atomic E-state index is 13.8. The van der Waals surface area contributed by atoms with Gasteiger partial charge in [0.1, 0.15) is 17.7 Å². The third-order valence-corrected chi connectivity index (χ3v) is 4.12. The Morgan fingerprint density at radius 2 is 1.92 bits per heavy atom. The van der Waals surface area contributed by atoms with Crippen molar-refractivity contribution in [1.29, 1.82) is 0 Å². The van der Waals surface area contributed by atoms with Crippen molar-refractivity contribution in [2.75, 3.05) is 18.6 Å². The van der Waals surface area contributed by atoms with Gasteiger partial charge >= 0.3 is 0 Å². The van der Waals surface area contributed by atoms with Crippen LogP contribution in [0.5, 0.6) is 0 Å². The van der Waals surface area contributed by atoms with E-state index in [1.54, 1.807) is 0 Å². The number of benzene rings is 1. The van der Waals surface area contributed by atoms with Gasteiger partial charge in [-0.1, -0.05) is 13.8 Å². The van der Waals surface area contributed by atoms with Crippen molar-refractivity contribution in [3.63, 3.8) is 0 Å². The van der Waals surface area contributed by atoms with Crippen LogP contribution < -0.4 is 4.90 Å². The molecule has 3 rings (SSSR count). The zero-order chi connectivity index (χ0) is 17.5. The van der Waals surface area contributed by atoms with Gasteiger partial charge in [-0.2, -0.15) is 0 Å². The van der Waals surface area contributed by atoms with E-state index in [-0.39, 0.29) is 22.8 Å². The predicted molar refractivity (Wildman–Crippen MR) is 84.3 cm³/mol. The van der Waals surface area contributed by atoms with E-state index in [0.717, 1.165) is 18.2 Å². The average molecular weight is 333 g/mol. The molecule has 1 atom stereocenters. The molecule has 5 nitrogen and oxygen atoms in total. The molecule has 0 N–H and O–H groups in total.